The van der Waals surface area contributed by atoms with Crippen molar-refractivity contribution in [1.29, 1.82) is 5.41 Å². The van der Waals surface area contributed by atoms with E-state index in [1.54, 1.807) is 13.1 Å². The second-order valence-corrected chi connectivity index (χ2v) is 4.38. The fourth-order valence-corrected chi connectivity index (χ4v) is 2.46. The predicted molar refractivity (Wildman–Crippen MR) is 76.2 cm³/mol. The van der Waals surface area contributed by atoms with Gasteiger partial charge in [0, 0.05) is 40.1 Å². The molecule has 0 amide bonds. The minimum atomic E-state index is 0.481. The van der Waals surface area contributed by atoms with Crippen LogP contribution in [0.25, 0.3) is 21.5 Å². The molecule has 0 saturated heterocycles. The Hall–Kier alpha value is -2.42. The van der Waals surface area contributed by atoms with Crippen LogP contribution in [-0.2, 0) is 0 Å². The molecule has 3 nitrogen and oxygen atoms in total. The van der Waals surface area contributed by atoms with Gasteiger partial charge < -0.3 is 11.1 Å². The highest BCUT2D eigenvalue weighted by Crippen LogP contribution is 2.34. The molecule has 0 fully saturated rings. The lowest BCUT2D eigenvalue weighted by atomic mass is 9.94. The van der Waals surface area contributed by atoms with E-state index >= 15 is 0 Å². The average Bonchev–Trinajstić information content (AvgIpc) is 2.39. The lowest BCUT2D eigenvalue weighted by Gasteiger charge is -2.13. The number of anilines is 1. The molecule has 0 spiro atoms. The first-order valence-electron chi connectivity index (χ1n) is 5.79. The van der Waals surface area contributed by atoms with Crippen molar-refractivity contribution in [2.45, 2.75) is 6.92 Å². The molecule has 3 N–H and O–H groups in total. The Balaban J connectivity index is 2.66. The quantitative estimate of drug-likeness (QED) is 0.386. The van der Waals surface area contributed by atoms with Gasteiger partial charge in [0.25, 0.3) is 0 Å². The van der Waals surface area contributed by atoms with E-state index in [4.69, 9.17) is 11.1 Å². The van der Waals surface area contributed by atoms with E-state index < -0.39 is 0 Å². The van der Waals surface area contributed by atoms with Crippen molar-refractivity contribution < 1.29 is 0 Å². The van der Waals surface area contributed by atoms with E-state index in [1.807, 2.05) is 36.5 Å². The summed E-state index contributed by atoms with van der Waals surface area (Å²) < 4.78 is 0. The molecule has 0 bridgehead atoms. The SMILES string of the molecule is CC(=N)c1c(N)c2ccccc2c2cnccc12. The van der Waals surface area contributed by atoms with Gasteiger partial charge in [-0.15, -0.1) is 0 Å². The standard InChI is InChI=1S/C15H13N3/c1-9(16)14-11-6-7-18-8-13(11)10-4-2-3-5-12(10)15(14)17/h2-8,16H,17H2,1H3. The summed E-state index contributed by atoms with van der Waals surface area (Å²) in [6.45, 7) is 1.76. The summed E-state index contributed by atoms with van der Waals surface area (Å²) in [6.07, 6.45) is 3.58. The van der Waals surface area contributed by atoms with Gasteiger partial charge >= 0.3 is 0 Å². The zero-order chi connectivity index (χ0) is 12.7. The van der Waals surface area contributed by atoms with Gasteiger partial charge in [-0.3, -0.25) is 4.98 Å². The Morgan fingerprint density at radius 2 is 1.78 bits per heavy atom. The normalized spacial score (nSPS) is 10.9. The van der Waals surface area contributed by atoms with Gasteiger partial charge in [0.1, 0.15) is 0 Å². The molecular formula is C15H13N3. The lowest BCUT2D eigenvalue weighted by Crippen LogP contribution is -2.02. The predicted octanol–water partition coefficient (Wildman–Crippen LogP) is 3.36. The van der Waals surface area contributed by atoms with E-state index in [0.717, 1.165) is 27.1 Å². The molecule has 0 aliphatic heterocycles. The zero-order valence-corrected chi connectivity index (χ0v) is 10.1. The third-order valence-corrected chi connectivity index (χ3v) is 3.24. The Morgan fingerprint density at radius 3 is 2.50 bits per heavy atom. The third kappa shape index (κ3) is 1.37. The van der Waals surface area contributed by atoms with Crippen molar-refractivity contribution in [3.63, 3.8) is 0 Å². The summed E-state index contributed by atoms with van der Waals surface area (Å²) in [6, 6.07) is 9.91. The number of pyridine rings is 1. The number of hydrogen-bond acceptors (Lipinski definition) is 3. The highest BCUT2D eigenvalue weighted by atomic mass is 14.6. The number of nitrogens with one attached hydrogen (secondary N) is 1. The largest absolute Gasteiger partial charge is 0.398 e. The molecule has 2 aromatic carbocycles. The van der Waals surface area contributed by atoms with Crippen LogP contribution in [0.5, 0.6) is 0 Å². The van der Waals surface area contributed by atoms with E-state index in [2.05, 4.69) is 4.98 Å². The molecule has 1 aromatic heterocycles. The maximum atomic E-state index is 7.93. The maximum absolute atomic E-state index is 7.93. The minimum Gasteiger partial charge on any atom is -0.398 e. The highest BCUT2D eigenvalue weighted by Gasteiger charge is 2.12. The van der Waals surface area contributed by atoms with Crippen LogP contribution in [0.2, 0.25) is 0 Å². The topological polar surface area (TPSA) is 62.8 Å². The van der Waals surface area contributed by atoms with E-state index in [1.165, 1.54) is 0 Å². The molecule has 3 aromatic rings. The van der Waals surface area contributed by atoms with Crippen molar-refractivity contribution in [3.8, 4) is 0 Å². The molecule has 1 heterocycles. The Labute approximate surface area is 105 Å². The van der Waals surface area contributed by atoms with Gasteiger partial charge in [0.05, 0.1) is 0 Å². The molecule has 3 heteroatoms. The molecule has 3 rings (SSSR count). The molecular weight excluding hydrogens is 222 g/mol. The van der Waals surface area contributed by atoms with Crippen LogP contribution < -0.4 is 5.73 Å². The van der Waals surface area contributed by atoms with Crippen LogP contribution in [0, 0.1) is 5.41 Å². The molecule has 0 radical (unpaired) electrons. The van der Waals surface area contributed by atoms with Crippen molar-refractivity contribution in [1.82, 2.24) is 4.98 Å². The molecule has 0 saturated carbocycles. The van der Waals surface area contributed by atoms with Gasteiger partial charge in [-0.1, -0.05) is 24.3 Å². The first kappa shape index (κ1) is 10.7. The van der Waals surface area contributed by atoms with Crippen LogP contribution in [0.1, 0.15) is 12.5 Å². The number of fused-ring (bicyclic) bond motifs is 3. The zero-order valence-electron chi connectivity index (χ0n) is 10.1. The number of aromatic nitrogens is 1. The summed E-state index contributed by atoms with van der Waals surface area (Å²) >= 11 is 0. The number of benzene rings is 2. The van der Waals surface area contributed by atoms with Gasteiger partial charge in [-0.2, -0.15) is 0 Å². The highest BCUT2D eigenvalue weighted by molar-refractivity contribution is 6.23. The first-order valence-corrected chi connectivity index (χ1v) is 5.79. The molecule has 18 heavy (non-hydrogen) atoms. The van der Waals surface area contributed by atoms with Crippen molar-refractivity contribution in [2.75, 3.05) is 5.73 Å². The lowest BCUT2D eigenvalue weighted by molar-refractivity contribution is 1.36. The summed E-state index contributed by atoms with van der Waals surface area (Å²) in [5, 5.41) is 12.0. The van der Waals surface area contributed by atoms with Crippen molar-refractivity contribution in [2.24, 2.45) is 0 Å². The van der Waals surface area contributed by atoms with E-state index in [0.29, 0.717) is 11.4 Å². The number of nitrogens with zero attached hydrogens (tertiary/aromatic N) is 1. The molecule has 0 atom stereocenters. The maximum Gasteiger partial charge on any atom is 0.0492 e. The fraction of sp³-hybridized carbons (Fsp3) is 0.0667. The van der Waals surface area contributed by atoms with Crippen molar-refractivity contribution >= 4 is 32.9 Å². The second-order valence-electron chi connectivity index (χ2n) is 4.38. The summed E-state index contributed by atoms with van der Waals surface area (Å²) in [7, 11) is 0. The van der Waals surface area contributed by atoms with Crippen molar-refractivity contribution in [3.05, 3.63) is 48.3 Å². The van der Waals surface area contributed by atoms with Gasteiger partial charge in [0.2, 0.25) is 0 Å². The van der Waals surface area contributed by atoms with Crippen LogP contribution in [0.15, 0.2) is 42.7 Å². The molecule has 0 aliphatic rings. The Morgan fingerprint density at radius 1 is 1.06 bits per heavy atom. The van der Waals surface area contributed by atoms with Gasteiger partial charge in [-0.05, 0) is 23.8 Å². The number of nitrogens with two attached hydrogens (primary N) is 1. The smallest absolute Gasteiger partial charge is 0.0492 e. The number of rotatable bonds is 1. The van der Waals surface area contributed by atoms with Crippen LogP contribution in [0.4, 0.5) is 5.69 Å². The van der Waals surface area contributed by atoms with Gasteiger partial charge in [0.15, 0.2) is 0 Å². The third-order valence-electron chi connectivity index (χ3n) is 3.24. The Kier molecular flexibility index (Phi) is 2.27. The van der Waals surface area contributed by atoms with Gasteiger partial charge in [-0.25, -0.2) is 0 Å². The number of hydrogen-bond donors (Lipinski definition) is 2. The average molecular weight is 235 g/mol. The van der Waals surface area contributed by atoms with E-state index in [-0.39, 0.29) is 0 Å². The molecule has 0 aliphatic carbocycles. The van der Waals surface area contributed by atoms with E-state index in [9.17, 15) is 0 Å². The second kappa shape index (κ2) is 3.81. The Bertz CT molecular complexity index is 775. The van der Waals surface area contributed by atoms with Crippen LogP contribution in [-0.4, -0.2) is 10.7 Å². The molecule has 88 valence electrons. The van der Waals surface area contributed by atoms with Crippen LogP contribution in [0.3, 0.4) is 0 Å². The number of nitrogen functional groups attached to an aromatic ring is 1. The summed E-state index contributed by atoms with van der Waals surface area (Å²) in [5.41, 5.74) is 8.19. The summed E-state index contributed by atoms with van der Waals surface area (Å²) in [5.74, 6) is 0. The molecule has 0 unspecified atom stereocenters. The monoisotopic (exact) mass is 235 g/mol. The minimum absolute atomic E-state index is 0.481. The first-order chi connectivity index (χ1) is 8.70. The fourth-order valence-electron chi connectivity index (χ4n) is 2.46. The summed E-state index contributed by atoms with van der Waals surface area (Å²) in [4.78, 5) is 4.18. The van der Waals surface area contributed by atoms with Crippen LogP contribution >= 0.6 is 0 Å².